The minimum atomic E-state index is 0.00168. The molecule has 11 heavy (non-hydrogen) atoms. The van der Waals surface area contributed by atoms with Gasteiger partial charge in [-0.3, -0.25) is 9.79 Å². The first kappa shape index (κ1) is 9.56. The van der Waals surface area contributed by atoms with Gasteiger partial charge in [-0.05, 0) is 31.4 Å². The zero-order valence-electron chi connectivity index (χ0n) is 6.58. The van der Waals surface area contributed by atoms with Crippen LogP contribution in [0.5, 0.6) is 0 Å². The highest BCUT2D eigenvalue weighted by molar-refractivity contribution is 5.87. The molecular formula is C9H11NO. The third-order valence-electron chi connectivity index (χ3n) is 0.987. The molecule has 2 heteroatoms. The van der Waals surface area contributed by atoms with Gasteiger partial charge in [0.15, 0.2) is 5.78 Å². The summed E-state index contributed by atoms with van der Waals surface area (Å²) in [7, 11) is 0. The van der Waals surface area contributed by atoms with Gasteiger partial charge in [0.2, 0.25) is 0 Å². The van der Waals surface area contributed by atoms with Crippen LogP contribution in [0.2, 0.25) is 0 Å². The highest BCUT2D eigenvalue weighted by atomic mass is 16.1. The Morgan fingerprint density at radius 2 is 2.09 bits per heavy atom. The lowest BCUT2D eigenvalue weighted by Crippen LogP contribution is -1.80. The van der Waals surface area contributed by atoms with Gasteiger partial charge >= 0.3 is 0 Å². The molecule has 0 aliphatic carbocycles. The summed E-state index contributed by atoms with van der Waals surface area (Å²) in [5.74, 6) is 0.00168. The maximum atomic E-state index is 10.5. The lowest BCUT2D eigenvalue weighted by atomic mass is 10.2. The molecule has 0 aliphatic rings. The summed E-state index contributed by atoms with van der Waals surface area (Å²) >= 11 is 0. The van der Waals surface area contributed by atoms with E-state index in [1.165, 1.54) is 19.2 Å². The molecule has 0 aromatic rings. The molecule has 0 aromatic carbocycles. The number of ketones is 1. The molecule has 0 atom stereocenters. The Morgan fingerprint density at radius 1 is 1.45 bits per heavy atom. The van der Waals surface area contributed by atoms with Crippen molar-refractivity contribution < 1.29 is 4.79 Å². The molecule has 0 aromatic heterocycles. The summed E-state index contributed by atoms with van der Waals surface area (Å²) in [4.78, 5) is 14.0. The first-order valence-electron chi connectivity index (χ1n) is 3.17. The Kier molecular flexibility index (Phi) is 4.65. The van der Waals surface area contributed by atoms with Gasteiger partial charge in [-0.15, -0.1) is 0 Å². The van der Waals surface area contributed by atoms with E-state index in [-0.39, 0.29) is 5.78 Å². The van der Waals surface area contributed by atoms with E-state index >= 15 is 0 Å². The normalized spacial score (nSPS) is 11.5. The Bertz CT molecular complexity index is 224. The Labute approximate surface area is 66.6 Å². The van der Waals surface area contributed by atoms with Gasteiger partial charge in [-0.2, -0.15) is 0 Å². The smallest absolute Gasteiger partial charge is 0.152 e. The standard InChI is InChI=1S/C9H11NO/c1-4-9(7-10-3)6-5-8(2)11/h4-7H,1,3H2,2H3/b6-5+,9-7+. The number of allylic oxidation sites excluding steroid dienone is 4. The van der Waals surface area contributed by atoms with Gasteiger partial charge in [0.1, 0.15) is 0 Å². The zero-order valence-corrected chi connectivity index (χ0v) is 6.58. The van der Waals surface area contributed by atoms with Gasteiger partial charge in [0, 0.05) is 6.20 Å². The van der Waals surface area contributed by atoms with E-state index in [9.17, 15) is 4.79 Å². The van der Waals surface area contributed by atoms with Crippen LogP contribution in [0.25, 0.3) is 0 Å². The minimum absolute atomic E-state index is 0.00168. The third kappa shape index (κ3) is 5.03. The van der Waals surface area contributed by atoms with Crippen molar-refractivity contribution in [3.8, 4) is 0 Å². The van der Waals surface area contributed by atoms with Crippen molar-refractivity contribution in [3.63, 3.8) is 0 Å². The average Bonchev–Trinajstić information content (AvgIpc) is 1.97. The monoisotopic (exact) mass is 149 g/mol. The predicted octanol–water partition coefficient (Wildman–Crippen LogP) is 1.90. The summed E-state index contributed by atoms with van der Waals surface area (Å²) in [5, 5.41) is 0. The Morgan fingerprint density at radius 3 is 2.45 bits per heavy atom. The fraction of sp³-hybridized carbons (Fsp3) is 0.111. The summed E-state index contributed by atoms with van der Waals surface area (Å²) in [6, 6.07) is 0. The zero-order chi connectivity index (χ0) is 8.69. The SMILES string of the molecule is C=CC(/C=C/C(C)=O)=C\N=C. The van der Waals surface area contributed by atoms with Crippen LogP contribution in [0.4, 0.5) is 0 Å². The molecule has 0 heterocycles. The lowest BCUT2D eigenvalue weighted by molar-refractivity contribution is -0.112. The highest BCUT2D eigenvalue weighted by Gasteiger charge is 1.84. The van der Waals surface area contributed by atoms with Crippen molar-refractivity contribution in [2.75, 3.05) is 0 Å². The van der Waals surface area contributed by atoms with Crippen LogP contribution in [-0.2, 0) is 4.79 Å². The van der Waals surface area contributed by atoms with Crippen LogP contribution >= 0.6 is 0 Å². The van der Waals surface area contributed by atoms with Crippen LogP contribution in [-0.4, -0.2) is 12.5 Å². The number of carbonyl (C=O) groups excluding carboxylic acids is 1. The van der Waals surface area contributed by atoms with E-state index in [4.69, 9.17) is 0 Å². The van der Waals surface area contributed by atoms with Crippen LogP contribution in [0.1, 0.15) is 6.92 Å². The number of aliphatic imine (C=N–C) groups is 1. The van der Waals surface area contributed by atoms with Crippen molar-refractivity contribution in [2.45, 2.75) is 6.92 Å². The van der Waals surface area contributed by atoms with Crippen LogP contribution in [0.15, 0.2) is 41.6 Å². The molecule has 0 radical (unpaired) electrons. The summed E-state index contributed by atoms with van der Waals surface area (Å²) in [5.41, 5.74) is 0.773. The van der Waals surface area contributed by atoms with E-state index < -0.39 is 0 Å². The van der Waals surface area contributed by atoms with E-state index in [0.717, 1.165) is 5.57 Å². The van der Waals surface area contributed by atoms with E-state index in [1.54, 1.807) is 12.2 Å². The fourth-order valence-corrected chi connectivity index (χ4v) is 0.483. The van der Waals surface area contributed by atoms with E-state index in [1.807, 2.05) is 0 Å². The van der Waals surface area contributed by atoms with Gasteiger partial charge in [-0.1, -0.05) is 12.7 Å². The van der Waals surface area contributed by atoms with Gasteiger partial charge in [0.25, 0.3) is 0 Å². The molecule has 0 amide bonds. The molecule has 0 unspecified atom stereocenters. The number of nitrogens with zero attached hydrogens (tertiary/aromatic N) is 1. The summed E-state index contributed by atoms with van der Waals surface area (Å²) < 4.78 is 0. The fourth-order valence-electron chi connectivity index (χ4n) is 0.483. The molecule has 0 fully saturated rings. The van der Waals surface area contributed by atoms with Crippen molar-refractivity contribution in [1.29, 1.82) is 0 Å². The average molecular weight is 149 g/mol. The molecule has 2 nitrogen and oxygen atoms in total. The molecule has 0 bridgehead atoms. The van der Waals surface area contributed by atoms with Crippen molar-refractivity contribution in [1.82, 2.24) is 0 Å². The van der Waals surface area contributed by atoms with Crippen molar-refractivity contribution >= 4 is 12.5 Å². The third-order valence-corrected chi connectivity index (χ3v) is 0.987. The van der Waals surface area contributed by atoms with Crippen molar-refractivity contribution in [2.24, 2.45) is 4.99 Å². The minimum Gasteiger partial charge on any atom is -0.295 e. The van der Waals surface area contributed by atoms with E-state index in [2.05, 4.69) is 18.3 Å². The molecule has 0 aliphatic heterocycles. The second kappa shape index (κ2) is 5.35. The van der Waals surface area contributed by atoms with E-state index in [0.29, 0.717) is 0 Å². The Hall–Kier alpha value is -1.44. The number of carbonyl (C=O) groups is 1. The molecule has 0 rings (SSSR count). The Balaban J connectivity index is 4.30. The predicted molar refractivity (Wildman–Crippen MR) is 47.7 cm³/mol. The largest absolute Gasteiger partial charge is 0.295 e. The molecule has 0 N–H and O–H groups in total. The summed E-state index contributed by atoms with van der Waals surface area (Å²) in [6.07, 6.45) is 6.24. The maximum absolute atomic E-state index is 10.5. The van der Waals surface area contributed by atoms with Crippen molar-refractivity contribution in [3.05, 3.63) is 36.6 Å². The van der Waals surface area contributed by atoms with Crippen LogP contribution in [0, 0.1) is 0 Å². The molecule has 0 spiro atoms. The molecule has 58 valence electrons. The van der Waals surface area contributed by atoms with Gasteiger partial charge in [-0.25, -0.2) is 0 Å². The molecular weight excluding hydrogens is 138 g/mol. The highest BCUT2D eigenvalue weighted by Crippen LogP contribution is 1.97. The lowest BCUT2D eigenvalue weighted by Gasteiger charge is -1.86. The second-order valence-corrected chi connectivity index (χ2v) is 1.96. The first-order valence-corrected chi connectivity index (χ1v) is 3.17. The molecule has 0 saturated carbocycles. The number of rotatable bonds is 4. The quantitative estimate of drug-likeness (QED) is 0.341. The second-order valence-electron chi connectivity index (χ2n) is 1.96. The first-order chi connectivity index (χ1) is 5.20. The topological polar surface area (TPSA) is 29.4 Å². The van der Waals surface area contributed by atoms with Crippen LogP contribution in [0.3, 0.4) is 0 Å². The van der Waals surface area contributed by atoms with Gasteiger partial charge < -0.3 is 0 Å². The number of hydrogen-bond donors (Lipinski definition) is 0. The maximum Gasteiger partial charge on any atom is 0.152 e. The van der Waals surface area contributed by atoms with Gasteiger partial charge in [0.05, 0.1) is 0 Å². The van der Waals surface area contributed by atoms with Crippen LogP contribution < -0.4 is 0 Å². The number of hydrogen-bond acceptors (Lipinski definition) is 2. The summed E-state index contributed by atoms with van der Waals surface area (Å²) in [6.45, 7) is 8.31. The molecule has 0 saturated heterocycles.